The number of nitrogens with two attached hydrogens (primary N) is 1. The summed E-state index contributed by atoms with van der Waals surface area (Å²) in [5.74, 6) is -5.42. The lowest BCUT2D eigenvalue weighted by atomic mass is 9.98. The fourth-order valence-electron chi connectivity index (χ4n) is 2.87. The lowest BCUT2D eigenvalue weighted by Crippen LogP contribution is -2.58. The number of hydrogen-bond donors (Lipinski definition) is 6. The van der Waals surface area contributed by atoms with Crippen LogP contribution in [0.3, 0.4) is 0 Å². The highest BCUT2D eigenvalue weighted by atomic mass is 16.4. The Hall–Kier alpha value is -2.69. The van der Waals surface area contributed by atoms with E-state index in [0.29, 0.717) is 6.42 Å². The van der Waals surface area contributed by atoms with Gasteiger partial charge in [0.15, 0.2) is 0 Å². The average molecular weight is 459 g/mol. The van der Waals surface area contributed by atoms with Crippen molar-refractivity contribution in [2.75, 3.05) is 0 Å². The van der Waals surface area contributed by atoms with Crippen molar-refractivity contribution in [3.05, 3.63) is 0 Å². The molecule has 0 aliphatic carbocycles. The fraction of sp³-hybridized carbons (Fsp3) is 0.762. The highest BCUT2D eigenvalue weighted by Crippen LogP contribution is 2.10. The molecule has 184 valence electrons. The molecule has 5 atom stereocenters. The number of hydrogen-bond acceptors (Lipinski definition) is 6. The van der Waals surface area contributed by atoms with Gasteiger partial charge >= 0.3 is 11.9 Å². The first-order chi connectivity index (χ1) is 14.7. The number of carbonyl (C=O) groups excluding carboxylic acids is 3. The highest BCUT2D eigenvalue weighted by molar-refractivity contribution is 5.95. The van der Waals surface area contributed by atoms with Crippen molar-refractivity contribution in [2.45, 2.75) is 85.0 Å². The summed E-state index contributed by atoms with van der Waals surface area (Å²) in [5.41, 5.74) is 5.84. The lowest BCUT2D eigenvalue weighted by molar-refractivity contribution is -0.144. The Morgan fingerprint density at radius 2 is 1.31 bits per heavy atom. The van der Waals surface area contributed by atoms with Crippen molar-refractivity contribution in [1.82, 2.24) is 16.0 Å². The largest absolute Gasteiger partial charge is 0.481 e. The second-order valence-electron chi connectivity index (χ2n) is 8.83. The van der Waals surface area contributed by atoms with Crippen LogP contribution in [-0.2, 0) is 24.0 Å². The summed E-state index contributed by atoms with van der Waals surface area (Å²) in [6.07, 6.45) is -0.0570. The Kier molecular flexibility index (Phi) is 12.5. The molecule has 0 saturated heterocycles. The average Bonchev–Trinajstić information content (AvgIpc) is 2.68. The minimum Gasteiger partial charge on any atom is -0.481 e. The van der Waals surface area contributed by atoms with Gasteiger partial charge in [-0.1, -0.05) is 48.0 Å². The van der Waals surface area contributed by atoms with E-state index >= 15 is 0 Å². The van der Waals surface area contributed by atoms with Crippen LogP contribution in [0.2, 0.25) is 0 Å². The lowest BCUT2D eigenvalue weighted by Gasteiger charge is -2.27. The smallest absolute Gasteiger partial charge is 0.326 e. The van der Waals surface area contributed by atoms with Crippen molar-refractivity contribution in [3.8, 4) is 0 Å². The van der Waals surface area contributed by atoms with Crippen LogP contribution in [-0.4, -0.2) is 64.0 Å². The molecule has 0 heterocycles. The first-order valence-corrected chi connectivity index (χ1v) is 10.8. The maximum Gasteiger partial charge on any atom is 0.326 e. The predicted molar refractivity (Wildman–Crippen MR) is 117 cm³/mol. The van der Waals surface area contributed by atoms with Gasteiger partial charge in [-0.3, -0.25) is 19.2 Å². The zero-order valence-electron chi connectivity index (χ0n) is 19.7. The summed E-state index contributed by atoms with van der Waals surface area (Å²) in [6, 6.07) is -4.64. The molecule has 32 heavy (non-hydrogen) atoms. The van der Waals surface area contributed by atoms with Gasteiger partial charge < -0.3 is 31.9 Å². The molecule has 5 unspecified atom stereocenters. The molecule has 0 spiro atoms. The third-order valence-corrected chi connectivity index (χ3v) is 5.15. The van der Waals surface area contributed by atoms with Crippen LogP contribution in [0.15, 0.2) is 0 Å². The summed E-state index contributed by atoms with van der Waals surface area (Å²) >= 11 is 0. The number of nitrogens with one attached hydrogen (secondary N) is 3. The summed E-state index contributed by atoms with van der Waals surface area (Å²) in [5, 5.41) is 25.8. The van der Waals surface area contributed by atoms with Crippen molar-refractivity contribution in [2.24, 2.45) is 23.5 Å². The summed E-state index contributed by atoms with van der Waals surface area (Å²) < 4.78 is 0. The van der Waals surface area contributed by atoms with Crippen molar-refractivity contribution >= 4 is 29.7 Å². The van der Waals surface area contributed by atoms with Crippen LogP contribution >= 0.6 is 0 Å². The van der Waals surface area contributed by atoms with Gasteiger partial charge in [-0.15, -0.1) is 0 Å². The van der Waals surface area contributed by atoms with Crippen LogP contribution in [0, 0.1) is 17.8 Å². The van der Waals surface area contributed by atoms with Gasteiger partial charge in [-0.25, -0.2) is 4.79 Å². The molecule has 7 N–H and O–H groups in total. The van der Waals surface area contributed by atoms with Gasteiger partial charge in [-0.05, 0) is 24.2 Å². The molecule has 0 saturated carbocycles. The molecule has 0 rings (SSSR count). The van der Waals surface area contributed by atoms with Crippen LogP contribution in [0.1, 0.15) is 60.8 Å². The van der Waals surface area contributed by atoms with Gasteiger partial charge in [0.25, 0.3) is 0 Å². The van der Waals surface area contributed by atoms with Gasteiger partial charge in [0.05, 0.1) is 12.5 Å². The zero-order valence-corrected chi connectivity index (χ0v) is 19.7. The molecule has 11 heteroatoms. The van der Waals surface area contributed by atoms with E-state index in [2.05, 4.69) is 16.0 Å². The van der Waals surface area contributed by atoms with E-state index in [0.717, 1.165) is 0 Å². The third kappa shape index (κ3) is 10.1. The number of aliphatic carboxylic acids is 2. The minimum absolute atomic E-state index is 0.00475. The Bertz CT molecular complexity index is 681. The van der Waals surface area contributed by atoms with E-state index in [-0.39, 0.29) is 18.3 Å². The number of carboxylic acid groups (broad SMARTS) is 2. The third-order valence-electron chi connectivity index (χ3n) is 5.15. The molecule has 0 fully saturated rings. The monoisotopic (exact) mass is 458 g/mol. The molecule has 0 bridgehead atoms. The maximum atomic E-state index is 12.9. The first-order valence-electron chi connectivity index (χ1n) is 10.8. The quantitative estimate of drug-likeness (QED) is 0.211. The van der Waals surface area contributed by atoms with E-state index in [4.69, 9.17) is 5.73 Å². The highest BCUT2D eigenvalue weighted by Gasteiger charge is 2.33. The molecule has 3 amide bonds. The standard InChI is InChI=1S/C21H38N4O7/c1-7-12(6)17(21(31)32)25-19(29)14(9-15(26)27)23-18(28)13(8-10(2)3)24-20(30)16(22)11(4)5/h10-14,16-17H,7-9,22H2,1-6H3,(H,23,28)(H,24,30)(H,25,29)(H,26,27)(H,31,32). The summed E-state index contributed by atoms with van der Waals surface area (Å²) in [4.78, 5) is 60.6. The van der Waals surface area contributed by atoms with Crippen molar-refractivity contribution in [1.29, 1.82) is 0 Å². The van der Waals surface area contributed by atoms with E-state index in [1.807, 2.05) is 13.8 Å². The number of carboxylic acids is 2. The molecule has 0 aromatic heterocycles. The zero-order chi connectivity index (χ0) is 25.2. The van der Waals surface area contributed by atoms with Gasteiger partial charge in [0.2, 0.25) is 17.7 Å². The minimum atomic E-state index is -1.52. The summed E-state index contributed by atoms with van der Waals surface area (Å²) in [7, 11) is 0. The first kappa shape index (κ1) is 29.3. The predicted octanol–water partition coefficient (Wildman–Crippen LogP) is 0.0756. The van der Waals surface area contributed by atoms with Gasteiger partial charge in [0, 0.05) is 0 Å². The SMILES string of the molecule is CCC(C)C(NC(=O)C(CC(=O)O)NC(=O)C(CC(C)C)NC(=O)C(N)C(C)C)C(=O)O. The number of amides is 3. The van der Waals surface area contributed by atoms with E-state index in [1.165, 1.54) is 0 Å². The topological polar surface area (TPSA) is 188 Å². The molecule has 0 aromatic carbocycles. The second kappa shape index (κ2) is 13.7. The Balaban J connectivity index is 5.59. The Morgan fingerprint density at radius 1 is 0.812 bits per heavy atom. The van der Waals surface area contributed by atoms with Crippen LogP contribution in [0.4, 0.5) is 0 Å². The van der Waals surface area contributed by atoms with Crippen LogP contribution < -0.4 is 21.7 Å². The molecule has 0 radical (unpaired) electrons. The normalized spacial score (nSPS) is 15.9. The Morgan fingerprint density at radius 3 is 1.72 bits per heavy atom. The maximum absolute atomic E-state index is 12.9. The van der Waals surface area contributed by atoms with E-state index < -0.39 is 66.2 Å². The number of carbonyl (C=O) groups is 5. The number of rotatable bonds is 14. The molecule has 0 aliphatic rings. The van der Waals surface area contributed by atoms with E-state index in [9.17, 15) is 34.2 Å². The molecule has 0 aromatic rings. The van der Waals surface area contributed by atoms with Crippen molar-refractivity contribution in [3.63, 3.8) is 0 Å². The fourth-order valence-corrected chi connectivity index (χ4v) is 2.87. The molecule has 0 aliphatic heterocycles. The Labute approximate surface area is 188 Å². The van der Waals surface area contributed by atoms with Gasteiger partial charge in [0.1, 0.15) is 18.1 Å². The van der Waals surface area contributed by atoms with Crippen LogP contribution in [0.25, 0.3) is 0 Å². The van der Waals surface area contributed by atoms with Crippen LogP contribution in [0.5, 0.6) is 0 Å². The molecule has 11 nitrogen and oxygen atoms in total. The van der Waals surface area contributed by atoms with Gasteiger partial charge in [-0.2, -0.15) is 0 Å². The van der Waals surface area contributed by atoms with E-state index in [1.54, 1.807) is 27.7 Å². The summed E-state index contributed by atoms with van der Waals surface area (Å²) in [6.45, 7) is 10.6. The molecular formula is C21H38N4O7. The second-order valence-corrected chi connectivity index (χ2v) is 8.83. The van der Waals surface area contributed by atoms with Crippen molar-refractivity contribution < 1.29 is 34.2 Å². The molecular weight excluding hydrogens is 420 g/mol.